The van der Waals surface area contributed by atoms with Crippen LogP contribution in [-0.2, 0) is 4.79 Å². The molecule has 2 amide bonds. The molecule has 8 heteroatoms. The summed E-state index contributed by atoms with van der Waals surface area (Å²) in [7, 11) is 1.63. The van der Waals surface area contributed by atoms with E-state index in [0.29, 0.717) is 16.4 Å². The van der Waals surface area contributed by atoms with E-state index in [-0.39, 0.29) is 11.8 Å². The van der Waals surface area contributed by atoms with Gasteiger partial charge in [-0.25, -0.2) is 4.98 Å². The fourth-order valence-corrected chi connectivity index (χ4v) is 5.91. The van der Waals surface area contributed by atoms with Gasteiger partial charge in [-0.15, -0.1) is 23.1 Å². The van der Waals surface area contributed by atoms with Gasteiger partial charge in [-0.1, -0.05) is 54.6 Å². The van der Waals surface area contributed by atoms with Gasteiger partial charge in [0.2, 0.25) is 5.91 Å². The number of nitrogens with zero attached hydrogens (tertiary/aromatic N) is 1. The zero-order valence-electron chi connectivity index (χ0n) is 22.0. The van der Waals surface area contributed by atoms with Crippen LogP contribution in [0.5, 0.6) is 5.75 Å². The summed E-state index contributed by atoms with van der Waals surface area (Å²) in [5, 5.41) is 7.89. The number of carbonyl (C=O) groups is 2. The highest BCUT2D eigenvalue weighted by atomic mass is 32.2. The highest BCUT2D eigenvalue weighted by Gasteiger charge is 2.23. The lowest BCUT2D eigenvalue weighted by molar-refractivity contribution is -0.115. The Hall–Kier alpha value is -4.40. The standard InChI is InChI=1S/C32H27N3O3S2/c1-21-9-6-7-14-27(21)30(36)33-24-12-8-13-26(19-24)40-29(23-10-4-3-5-11-23)31(37)35-32-34-28(20-39-32)22-15-17-25(38-2)18-16-22/h3-20,29H,1-2H3,(H,33,36)(H,34,35,37). The van der Waals surface area contributed by atoms with Crippen LogP contribution in [0.25, 0.3) is 11.3 Å². The molecule has 1 atom stereocenters. The van der Waals surface area contributed by atoms with E-state index in [0.717, 1.165) is 33.0 Å². The summed E-state index contributed by atoms with van der Waals surface area (Å²) in [6.45, 7) is 1.91. The van der Waals surface area contributed by atoms with Gasteiger partial charge >= 0.3 is 0 Å². The van der Waals surface area contributed by atoms with Crippen molar-refractivity contribution in [2.24, 2.45) is 0 Å². The van der Waals surface area contributed by atoms with Crippen molar-refractivity contribution in [1.29, 1.82) is 0 Å². The molecule has 1 aromatic heterocycles. The van der Waals surface area contributed by atoms with Crippen molar-refractivity contribution in [2.45, 2.75) is 17.1 Å². The molecule has 5 aromatic rings. The van der Waals surface area contributed by atoms with E-state index < -0.39 is 5.25 Å². The van der Waals surface area contributed by atoms with E-state index in [2.05, 4.69) is 15.6 Å². The first-order valence-corrected chi connectivity index (χ1v) is 14.4. The molecule has 2 N–H and O–H groups in total. The molecule has 0 saturated heterocycles. The Labute approximate surface area is 241 Å². The van der Waals surface area contributed by atoms with Crippen LogP contribution in [0.1, 0.15) is 26.7 Å². The molecule has 0 aliphatic rings. The van der Waals surface area contributed by atoms with Crippen LogP contribution in [0.2, 0.25) is 0 Å². The van der Waals surface area contributed by atoms with Gasteiger partial charge in [0.05, 0.1) is 12.8 Å². The Balaban J connectivity index is 1.33. The Morgan fingerprint density at radius 3 is 2.38 bits per heavy atom. The average Bonchev–Trinajstić information content (AvgIpc) is 3.45. The minimum atomic E-state index is -0.531. The number of carbonyl (C=O) groups excluding carboxylic acids is 2. The topological polar surface area (TPSA) is 80.3 Å². The normalized spacial score (nSPS) is 11.4. The minimum Gasteiger partial charge on any atom is -0.497 e. The summed E-state index contributed by atoms with van der Waals surface area (Å²) in [5.41, 5.74) is 4.78. The molecule has 200 valence electrons. The van der Waals surface area contributed by atoms with Gasteiger partial charge in [-0.05, 0) is 66.6 Å². The molecular formula is C32H27N3O3S2. The number of nitrogens with one attached hydrogen (secondary N) is 2. The average molecular weight is 566 g/mol. The zero-order valence-corrected chi connectivity index (χ0v) is 23.6. The first kappa shape index (κ1) is 27.2. The molecule has 5 rings (SSSR count). The smallest absolute Gasteiger partial charge is 0.255 e. The van der Waals surface area contributed by atoms with E-state index in [1.165, 1.54) is 23.1 Å². The number of hydrogen-bond acceptors (Lipinski definition) is 6. The fourth-order valence-electron chi connectivity index (χ4n) is 4.11. The number of thioether (sulfide) groups is 1. The van der Waals surface area contributed by atoms with Gasteiger partial charge in [-0.2, -0.15) is 0 Å². The number of amides is 2. The van der Waals surface area contributed by atoms with E-state index in [1.807, 2.05) is 109 Å². The summed E-state index contributed by atoms with van der Waals surface area (Å²) in [6, 6.07) is 32.3. The van der Waals surface area contributed by atoms with Gasteiger partial charge in [-0.3, -0.25) is 9.59 Å². The van der Waals surface area contributed by atoms with Crippen LogP contribution in [0.4, 0.5) is 10.8 Å². The second-order valence-corrected chi connectivity index (χ2v) is 11.0. The highest BCUT2D eigenvalue weighted by Crippen LogP contribution is 2.38. The van der Waals surface area contributed by atoms with Gasteiger partial charge in [0.1, 0.15) is 11.0 Å². The lowest BCUT2D eigenvalue weighted by Gasteiger charge is -2.17. The Kier molecular flexibility index (Phi) is 8.59. The summed E-state index contributed by atoms with van der Waals surface area (Å²) in [6.07, 6.45) is 0. The maximum absolute atomic E-state index is 13.6. The van der Waals surface area contributed by atoms with Crippen LogP contribution in [0, 0.1) is 6.92 Å². The molecule has 4 aromatic carbocycles. The molecule has 1 heterocycles. The summed E-state index contributed by atoms with van der Waals surface area (Å²) < 4.78 is 5.23. The number of anilines is 2. The fraction of sp³-hybridized carbons (Fsp3) is 0.0938. The Morgan fingerprint density at radius 1 is 0.875 bits per heavy atom. The quantitative estimate of drug-likeness (QED) is 0.178. The van der Waals surface area contributed by atoms with Gasteiger partial charge in [0.15, 0.2) is 5.13 Å². The van der Waals surface area contributed by atoms with E-state index >= 15 is 0 Å². The zero-order chi connectivity index (χ0) is 27.9. The Bertz CT molecular complexity index is 1620. The molecule has 40 heavy (non-hydrogen) atoms. The molecule has 0 spiro atoms. The number of rotatable bonds is 9. The van der Waals surface area contributed by atoms with Crippen LogP contribution in [0.15, 0.2) is 113 Å². The molecule has 0 saturated carbocycles. The minimum absolute atomic E-state index is 0.172. The van der Waals surface area contributed by atoms with Crippen LogP contribution in [-0.4, -0.2) is 23.9 Å². The summed E-state index contributed by atoms with van der Waals surface area (Å²) >= 11 is 2.80. The molecule has 0 aliphatic carbocycles. The third-order valence-electron chi connectivity index (χ3n) is 6.20. The third-order valence-corrected chi connectivity index (χ3v) is 8.20. The van der Waals surface area contributed by atoms with Gasteiger partial charge < -0.3 is 15.4 Å². The largest absolute Gasteiger partial charge is 0.497 e. The molecule has 6 nitrogen and oxygen atoms in total. The second kappa shape index (κ2) is 12.6. The summed E-state index contributed by atoms with van der Waals surface area (Å²) in [5.74, 6) is 0.421. The predicted molar refractivity (Wildman–Crippen MR) is 163 cm³/mol. The molecule has 0 aliphatic heterocycles. The molecule has 0 bridgehead atoms. The van der Waals surface area contributed by atoms with E-state index in [4.69, 9.17) is 4.74 Å². The molecule has 0 radical (unpaired) electrons. The molecular weight excluding hydrogens is 539 g/mol. The maximum Gasteiger partial charge on any atom is 0.255 e. The SMILES string of the molecule is COc1ccc(-c2csc(NC(=O)C(Sc3cccc(NC(=O)c4ccccc4C)c3)c3ccccc3)n2)cc1. The van der Waals surface area contributed by atoms with Crippen molar-refractivity contribution >= 4 is 45.7 Å². The number of hydrogen-bond donors (Lipinski definition) is 2. The van der Waals surface area contributed by atoms with Gasteiger partial charge in [0.25, 0.3) is 5.91 Å². The van der Waals surface area contributed by atoms with Crippen LogP contribution in [0.3, 0.4) is 0 Å². The monoisotopic (exact) mass is 565 g/mol. The first-order valence-electron chi connectivity index (χ1n) is 12.6. The highest BCUT2D eigenvalue weighted by molar-refractivity contribution is 8.00. The van der Waals surface area contributed by atoms with Crippen molar-refractivity contribution < 1.29 is 14.3 Å². The number of aryl methyl sites for hydroxylation is 1. The summed E-state index contributed by atoms with van der Waals surface area (Å²) in [4.78, 5) is 31.9. The molecule has 0 fully saturated rings. The lowest BCUT2D eigenvalue weighted by atomic mass is 10.1. The van der Waals surface area contributed by atoms with E-state index in [9.17, 15) is 9.59 Å². The van der Waals surface area contributed by atoms with E-state index in [1.54, 1.807) is 13.2 Å². The molecule has 1 unspecified atom stereocenters. The van der Waals surface area contributed by atoms with Crippen LogP contribution < -0.4 is 15.4 Å². The van der Waals surface area contributed by atoms with Crippen molar-refractivity contribution in [2.75, 3.05) is 17.7 Å². The number of thiazole rings is 1. The van der Waals surface area contributed by atoms with Crippen molar-refractivity contribution in [3.8, 4) is 17.0 Å². The predicted octanol–water partition coefficient (Wildman–Crippen LogP) is 7.85. The lowest BCUT2D eigenvalue weighted by Crippen LogP contribution is -2.19. The Morgan fingerprint density at radius 2 is 1.62 bits per heavy atom. The third kappa shape index (κ3) is 6.59. The van der Waals surface area contributed by atoms with Crippen LogP contribution >= 0.6 is 23.1 Å². The van der Waals surface area contributed by atoms with Gasteiger partial charge in [0, 0.05) is 27.1 Å². The van der Waals surface area contributed by atoms with Crippen molar-refractivity contribution in [3.05, 3.63) is 125 Å². The number of methoxy groups -OCH3 is 1. The maximum atomic E-state index is 13.6. The second-order valence-electron chi connectivity index (χ2n) is 8.96. The number of aromatic nitrogens is 1. The number of benzene rings is 4. The van der Waals surface area contributed by atoms with Crippen molar-refractivity contribution in [3.63, 3.8) is 0 Å². The first-order chi connectivity index (χ1) is 19.5. The van der Waals surface area contributed by atoms with Crippen molar-refractivity contribution in [1.82, 2.24) is 4.98 Å². The number of ether oxygens (including phenoxy) is 1.